The first-order valence-electron chi connectivity index (χ1n) is 7.24. The number of furan rings is 1. The third-order valence-electron chi connectivity index (χ3n) is 3.52. The molecule has 0 aliphatic carbocycles. The van der Waals surface area contributed by atoms with Crippen molar-refractivity contribution in [2.45, 2.75) is 30.5 Å². The van der Waals surface area contributed by atoms with Crippen molar-refractivity contribution >= 4 is 45.1 Å². The van der Waals surface area contributed by atoms with E-state index in [2.05, 4.69) is 41.5 Å². The van der Waals surface area contributed by atoms with E-state index in [1.807, 2.05) is 12.3 Å². The highest BCUT2D eigenvalue weighted by Crippen LogP contribution is 2.27. The van der Waals surface area contributed by atoms with Gasteiger partial charge in [-0.1, -0.05) is 43.0 Å². The Balaban J connectivity index is 1.77. The molecule has 1 aromatic carbocycles. The topological polar surface area (TPSA) is 68.0 Å². The molecule has 0 saturated carbocycles. The van der Waals surface area contributed by atoms with E-state index in [-0.39, 0.29) is 12.3 Å². The third-order valence-corrected chi connectivity index (χ3v) is 5.34. The molecule has 0 saturated heterocycles. The van der Waals surface area contributed by atoms with Gasteiger partial charge in [-0.2, -0.15) is 0 Å². The molecule has 5 nitrogen and oxygen atoms in total. The van der Waals surface area contributed by atoms with E-state index < -0.39 is 0 Å². The van der Waals surface area contributed by atoms with Gasteiger partial charge < -0.3 is 9.73 Å². The zero-order chi connectivity index (χ0) is 16.4. The van der Waals surface area contributed by atoms with Crippen LogP contribution in [-0.4, -0.2) is 22.4 Å². The highest BCUT2D eigenvalue weighted by molar-refractivity contribution is 8.00. The average Bonchev–Trinajstić information content (AvgIpc) is 3.14. The number of nitrogens with zero attached hydrogens (tertiary/aromatic N) is 2. The van der Waals surface area contributed by atoms with Crippen molar-refractivity contribution in [3.05, 3.63) is 35.6 Å². The molecule has 0 fully saturated rings. The Morgan fingerprint density at radius 3 is 2.91 bits per heavy atom. The molecule has 120 valence electrons. The molecule has 2 heterocycles. The van der Waals surface area contributed by atoms with E-state index in [4.69, 9.17) is 4.42 Å². The van der Waals surface area contributed by atoms with Gasteiger partial charge in [-0.15, -0.1) is 10.2 Å². The van der Waals surface area contributed by atoms with Gasteiger partial charge in [0.1, 0.15) is 5.58 Å². The molecular formula is C16H17N3O2S2. The van der Waals surface area contributed by atoms with Crippen LogP contribution in [-0.2, 0) is 11.2 Å². The lowest BCUT2D eigenvalue weighted by atomic mass is 10.00. The van der Waals surface area contributed by atoms with E-state index >= 15 is 0 Å². The summed E-state index contributed by atoms with van der Waals surface area (Å²) in [6, 6.07) is 6.12. The Kier molecular flexibility index (Phi) is 4.68. The Labute approximate surface area is 142 Å². The Bertz CT molecular complexity index is 839. The molecule has 7 heteroatoms. The quantitative estimate of drug-likeness (QED) is 0.550. The highest BCUT2D eigenvalue weighted by atomic mass is 32.2. The molecule has 3 aromatic rings. The molecule has 0 aliphatic rings. The van der Waals surface area contributed by atoms with Crippen molar-refractivity contribution in [3.8, 4) is 0 Å². The monoisotopic (exact) mass is 347 g/mol. The number of fused-ring (bicyclic) bond motifs is 1. The van der Waals surface area contributed by atoms with Gasteiger partial charge in [0.2, 0.25) is 11.0 Å². The van der Waals surface area contributed by atoms with Gasteiger partial charge in [0.05, 0.1) is 12.7 Å². The first-order valence-corrected chi connectivity index (χ1v) is 9.28. The Morgan fingerprint density at radius 1 is 1.39 bits per heavy atom. The van der Waals surface area contributed by atoms with Gasteiger partial charge in [-0.05, 0) is 29.9 Å². The van der Waals surface area contributed by atoms with Crippen LogP contribution >= 0.6 is 23.1 Å². The van der Waals surface area contributed by atoms with Crippen molar-refractivity contribution in [3.63, 3.8) is 0 Å². The minimum atomic E-state index is -0.119. The van der Waals surface area contributed by atoms with Crippen LogP contribution in [0.3, 0.4) is 0 Å². The van der Waals surface area contributed by atoms with Crippen molar-refractivity contribution < 1.29 is 9.21 Å². The predicted molar refractivity (Wildman–Crippen MR) is 94.3 cm³/mol. The number of nitrogens with one attached hydrogen (secondary N) is 1. The summed E-state index contributed by atoms with van der Waals surface area (Å²) >= 11 is 2.88. The second kappa shape index (κ2) is 6.72. The number of amides is 1. The molecule has 23 heavy (non-hydrogen) atoms. The molecule has 1 N–H and O–H groups in total. The van der Waals surface area contributed by atoms with Crippen LogP contribution in [0.1, 0.15) is 30.9 Å². The summed E-state index contributed by atoms with van der Waals surface area (Å²) in [4.78, 5) is 12.2. The summed E-state index contributed by atoms with van der Waals surface area (Å²) in [6.07, 6.45) is 3.83. The summed E-state index contributed by atoms with van der Waals surface area (Å²) < 4.78 is 6.38. The number of benzene rings is 1. The smallest absolute Gasteiger partial charge is 0.230 e. The number of carbonyl (C=O) groups is 1. The third kappa shape index (κ3) is 3.56. The molecule has 0 unspecified atom stereocenters. The van der Waals surface area contributed by atoms with Crippen molar-refractivity contribution in [2.24, 2.45) is 0 Å². The standard InChI is InChI=1S/C16H17N3O2S2/c1-9(2)10-4-5-13-12(6-10)11(8-21-13)7-14(20)17-15-18-19-16(22-3)23-15/h4-6,8-9H,7H2,1-3H3,(H,17,18,20). The molecule has 1 amide bonds. The zero-order valence-corrected chi connectivity index (χ0v) is 14.8. The van der Waals surface area contributed by atoms with Gasteiger partial charge >= 0.3 is 0 Å². The fraction of sp³-hybridized carbons (Fsp3) is 0.312. The van der Waals surface area contributed by atoms with E-state index in [1.165, 1.54) is 28.7 Å². The van der Waals surface area contributed by atoms with E-state index in [0.29, 0.717) is 11.0 Å². The van der Waals surface area contributed by atoms with Gasteiger partial charge in [-0.25, -0.2) is 0 Å². The second-order valence-corrected chi connectivity index (χ2v) is 7.50. The molecule has 2 aromatic heterocycles. The maximum Gasteiger partial charge on any atom is 0.230 e. The molecule has 0 aliphatic heterocycles. The van der Waals surface area contributed by atoms with Gasteiger partial charge in [0.15, 0.2) is 4.34 Å². The summed E-state index contributed by atoms with van der Waals surface area (Å²) in [6.45, 7) is 4.29. The Morgan fingerprint density at radius 2 is 2.22 bits per heavy atom. The van der Waals surface area contributed by atoms with Crippen molar-refractivity contribution in [1.29, 1.82) is 0 Å². The maximum absolute atomic E-state index is 12.2. The number of hydrogen-bond donors (Lipinski definition) is 1. The van der Waals surface area contributed by atoms with E-state index in [1.54, 1.807) is 6.26 Å². The fourth-order valence-electron chi connectivity index (χ4n) is 2.27. The van der Waals surface area contributed by atoms with Crippen molar-refractivity contribution in [1.82, 2.24) is 10.2 Å². The minimum Gasteiger partial charge on any atom is -0.464 e. The maximum atomic E-state index is 12.2. The first kappa shape index (κ1) is 16.0. The lowest BCUT2D eigenvalue weighted by molar-refractivity contribution is -0.115. The highest BCUT2D eigenvalue weighted by Gasteiger charge is 2.13. The lowest BCUT2D eigenvalue weighted by Crippen LogP contribution is -2.14. The largest absolute Gasteiger partial charge is 0.464 e. The van der Waals surface area contributed by atoms with E-state index in [0.717, 1.165) is 20.9 Å². The van der Waals surface area contributed by atoms with E-state index in [9.17, 15) is 4.79 Å². The van der Waals surface area contributed by atoms with Crippen LogP contribution in [0.15, 0.2) is 33.2 Å². The zero-order valence-electron chi connectivity index (χ0n) is 13.1. The van der Waals surface area contributed by atoms with Crippen LogP contribution < -0.4 is 5.32 Å². The summed E-state index contributed by atoms with van der Waals surface area (Å²) in [5.41, 5.74) is 2.92. The molecule has 0 spiro atoms. The molecule has 0 bridgehead atoms. The summed E-state index contributed by atoms with van der Waals surface area (Å²) in [5.74, 6) is 0.314. The number of hydrogen-bond acceptors (Lipinski definition) is 6. The predicted octanol–water partition coefficient (Wildman–Crippen LogP) is 4.31. The van der Waals surface area contributed by atoms with Crippen LogP contribution in [0.2, 0.25) is 0 Å². The molecule has 0 radical (unpaired) electrons. The fourth-order valence-corrected chi connectivity index (χ4v) is 3.46. The normalized spacial score (nSPS) is 11.3. The molecular weight excluding hydrogens is 330 g/mol. The Hall–Kier alpha value is -1.86. The number of anilines is 1. The van der Waals surface area contributed by atoms with Crippen LogP contribution in [0.4, 0.5) is 5.13 Å². The van der Waals surface area contributed by atoms with Gasteiger partial charge in [0, 0.05) is 10.9 Å². The lowest BCUT2D eigenvalue weighted by Gasteiger charge is -2.05. The SMILES string of the molecule is CSc1nnc(NC(=O)Cc2coc3ccc(C(C)C)cc23)s1. The number of rotatable bonds is 5. The number of aromatic nitrogens is 2. The van der Waals surface area contributed by atoms with Gasteiger partial charge in [-0.3, -0.25) is 4.79 Å². The summed E-state index contributed by atoms with van der Waals surface area (Å²) in [7, 11) is 0. The molecule has 3 rings (SSSR count). The van der Waals surface area contributed by atoms with Gasteiger partial charge in [0.25, 0.3) is 0 Å². The van der Waals surface area contributed by atoms with Crippen LogP contribution in [0.25, 0.3) is 11.0 Å². The molecule has 0 atom stereocenters. The second-order valence-electron chi connectivity index (χ2n) is 5.47. The first-order chi connectivity index (χ1) is 11.1. The summed E-state index contributed by atoms with van der Waals surface area (Å²) in [5, 5.41) is 12.2. The average molecular weight is 347 g/mol. The van der Waals surface area contributed by atoms with Crippen molar-refractivity contribution in [2.75, 3.05) is 11.6 Å². The number of thioether (sulfide) groups is 1. The van der Waals surface area contributed by atoms with Crippen LogP contribution in [0, 0.1) is 0 Å². The minimum absolute atomic E-state index is 0.119. The van der Waals surface area contributed by atoms with Crippen LogP contribution in [0.5, 0.6) is 0 Å². The number of carbonyl (C=O) groups excluding carboxylic acids is 1.